The first kappa shape index (κ1) is 16.7. The maximum atomic E-state index is 12.8. The number of nitrogens with one attached hydrogen (secondary N) is 1. The number of carbonyl (C=O) groups excluding carboxylic acids is 2. The molecule has 0 spiro atoms. The SMILES string of the molecule is COC(=O)c1cc(C)sc1NC(=O)[C@H]1[C@@H](C(=O)O)[C@H]2C=C[C@@H]1CC2. The minimum absolute atomic E-state index is 0.0706. The Bertz CT molecular complexity index is 723. The van der Waals surface area contributed by atoms with Crippen molar-refractivity contribution in [2.24, 2.45) is 23.7 Å². The predicted molar refractivity (Wildman–Crippen MR) is 89.0 cm³/mol. The summed E-state index contributed by atoms with van der Waals surface area (Å²) in [6.45, 7) is 1.83. The van der Waals surface area contributed by atoms with E-state index in [0.29, 0.717) is 10.6 Å². The van der Waals surface area contributed by atoms with Gasteiger partial charge in [-0.3, -0.25) is 9.59 Å². The van der Waals surface area contributed by atoms with Crippen LogP contribution in [0.2, 0.25) is 0 Å². The number of aliphatic carboxylic acids is 1. The van der Waals surface area contributed by atoms with Crippen LogP contribution in [0.1, 0.15) is 28.1 Å². The monoisotopic (exact) mass is 349 g/mol. The number of amides is 1. The number of carboxylic acid groups (broad SMARTS) is 1. The Morgan fingerprint density at radius 1 is 1.21 bits per heavy atom. The molecule has 0 aromatic carbocycles. The fourth-order valence-corrected chi connectivity index (χ4v) is 4.65. The third kappa shape index (κ3) is 2.84. The van der Waals surface area contributed by atoms with Crippen molar-refractivity contribution < 1.29 is 24.2 Å². The second-order valence-corrected chi connectivity index (χ2v) is 7.52. The summed E-state index contributed by atoms with van der Waals surface area (Å²) in [4.78, 5) is 37.1. The summed E-state index contributed by atoms with van der Waals surface area (Å²) >= 11 is 1.28. The van der Waals surface area contributed by atoms with Crippen LogP contribution in [0.5, 0.6) is 0 Å². The van der Waals surface area contributed by atoms with Crippen molar-refractivity contribution in [1.29, 1.82) is 0 Å². The molecule has 128 valence electrons. The Hall–Kier alpha value is -2.15. The molecule has 1 amide bonds. The standard InChI is InChI=1S/C17H19NO5S/c1-8-7-11(17(22)23-2)15(24-8)18-14(19)12-9-3-5-10(6-4-9)13(12)16(20)21/h3,5,7,9-10,12-13H,4,6H2,1-2H3,(H,18,19)(H,20,21)/t9-,10+,12-,13+/m1/s1. The topological polar surface area (TPSA) is 92.7 Å². The molecule has 3 aliphatic carbocycles. The molecule has 1 heterocycles. The lowest BCUT2D eigenvalue weighted by Crippen LogP contribution is -2.47. The second-order valence-electron chi connectivity index (χ2n) is 6.26. The highest BCUT2D eigenvalue weighted by Crippen LogP contribution is 2.45. The predicted octanol–water partition coefficient (Wildman–Crippen LogP) is 2.69. The number of hydrogen-bond donors (Lipinski definition) is 2. The van der Waals surface area contributed by atoms with E-state index in [1.807, 2.05) is 19.1 Å². The Morgan fingerprint density at radius 2 is 1.83 bits per heavy atom. The number of carboxylic acids is 1. The Morgan fingerprint density at radius 3 is 2.38 bits per heavy atom. The molecular weight excluding hydrogens is 330 g/mol. The van der Waals surface area contributed by atoms with Crippen LogP contribution in [0.4, 0.5) is 5.00 Å². The summed E-state index contributed by atoms with van der Waals surface area (Å²) in [6.07, 6.45) is 5.49. The summed E-state index contributed by atoms with van der Waals surface area (Å²) < 4.78 is 4.74. The van der Waals surface area contributed by atoms with Gasteiger partial charge in [-0.15, -0.1) is 11.3 Å². The zero-order chi connectivity index (χ0) is 17.4. The maximum Gasteiger partial charge on any atom is 0.340 e. The number of aryl methyl sites for hydroxylation is 1. The molecule has 0 aliphatic heterocycles. The van der Waals surface area contributed by atoms with Crippen LogP contribution < -0.4 is 5.32 Å². The quantitative estimate of drug-likeness (QED) is 0.644. The molecule has 7 heteroatoms. The summed E-state index contributed by atoms with van der Waals surface area (Å²) in [7, 11) is 1.28. The van der Waals surface area contributed by atoms with Gasteiger partial charge in [0.25, 0.3) is 0 Å². The number of esters is 1. The minimum atomic E-state index is -0.940. The molecule has 4 rings (SSSR count). The summed E-state index contributed by atoms with van der Waals surface area (Å²) in [6, 6.07) is 1.66. The third-order valence-corrected chi connectivity index (χ3v) is 5.80. The molecule has 2 bridgehead atoms. The van der Waals surface area contributed by atoms with Gasteiger partial charge in [-0.1, -0.05) is 12.2 Å². The fraction of sp³-hybridized carbons (Fsp3) is 0.471. The molecule has 1 fully saturated rings. The summed E-state index contributed by atoms with van der Waals surface area (Å²) in [5.41, 5.74) is 0.303. The zero-order valence-electron chi connectivity index (χ0n) is 13.4. The Balaban J connectivity index is 1.86. The molecule has 0 unspecified atom stereocenters. The lowest BCUT2D eigenvalue weighted by atomic mass is 9.62. The number of allylic oxidation sites excluding steroid dienone is 2. The van der Waals surface area contributed by atoms with Crippen molar-refractivity contribution in [3.63, 3.8) is 0 Å². The van der Waals surface area contributed by atoms with Crippen molar-refractivity contribution in [2.75, 3.05) is 12.4 Å². The molecule has 24 heavy (non-hydrogen) atoms. The van der Waals surface area contributed by atoms with E-state index in [9.17, 15) is 19.5 Å². The average Bonchev–Trinajstić information content (AvgIpc) is 2.94. The normalized spacial score (nSPS) is 27.8. The van der Waals surface area contributed by atoms with Crippen LogP contribution >= 0.6 is 11.3 Å². The number of carbonyl (C=O) groups is 3. The molecule has 3 aliphatic rings. The van der Waals surface area contributed by atoms with E-state index in [-0.39, 0.29) is 17.7 Å². The number of methoxy groups -OCH3 is 1. The van der Waals surface area contributed by atoms with E-state index in [2.05, 4.69) is 5.32 Å². The number of anilines is 1. The van der Waals surface area contributed by atoms with E-state index in [4.69, 9.17) is 4.74 Å². The first-order chi connectivity index (χ1) is 11.4. The van der Waals surface area contributed by atoms with E-state index >= 15 is 0 Å². The number of thiophene rings is 1. The number of hydrogen-bond acceptors (Lipinski definition) is 5. The van der Waals surface area contributed by atoms with Crippen LogP contribution in [0, 0.1) is 30.6 Å². The van der Waals surface area contributed by atoms with Gasteiger partial charge in [-0.05, 0) is 37.7 Å². The van der Waals surface area contributed by atoms with Crippen molar-refractivity contribution in [1.82, 2.24) is 0 Å². The van der Waals surface area contributed by atoms with Crippen LogP contribution in [-0.2, 0) is 14.3 Å². The van der Waals surface area contributed by atoms with Gasteiger partial charge in [0.05, 0.1) is 24.5 Å². The first-order valence-electron chi connectivity index (χ1n) is 7.83. The fourth-order valence-electron chi connectivity index (χ4n) is 3.75. The number of rotatable bonds is 4. The Kier molecular flexibility index (Phi) is 4.45. The number of fused-ring (bicyclic) bond motifs is 2. The van der Waals surface area contributed by atoms with Gasteiger partial charge >= 0.3 is 11.9 Å². The smallest absolute Gasteiger partial charge is 0.340 e. The average molecular weight is 349 g/mol. The van der Waals surface area contributed by atoms with Crippen LogP contribution in [0.15, 0.2) is 18.2 Å². The maximum absolute atomic E-state index is 12.8. The molecule has 0 saturated heterocycles. The van der Waals surface area contributed by atoms with E-state index in [1.165, 1.54) is 18.4 Å². The molecule has 1 aromatic rings. The molecule has 1 aromatic heterocycles. The van der Waals surface area contributed by atoms with Crippen LogP contribution in [0.3, 0.4) is 0 Å². The van der Waals surface area contributed by atoms with Crippen molar-refractivity contribution in [3.05, 3.63) is 28.7 Å². The third-order valence-electron chi connectivity index (χ3n) is 4.83. The van der Waals surface area contributed by atoms with Gasteiger partial charge in [-0.25, -0.2) is 4.79 Å². The van der Waals surface area contributed by atoms with Gasteiger partial charge in [-0.2, -0.15) is 0 Å². The molecule has 2 N–H and O–H groups in total. The highest BCUT2D eigenvalue weighted by molar-refractivity contribution is 7.16. The van der Waals surface area contributed by atoms with Gasteiger partial charge in [0.1, 0.15) is 5.00 Å². The lowest BCUT2D eigenvalue weighted by molar-refractivity contribution is -0.151. The van der Waals surface area contributed by atoms with E-state index in [0.717, 1.165) is 17.7 Å². The zero-order valence-corrected chi connectivity index (χ0v) is 14.3. The van der Waals surface area contributed by atoms with E-state index < -0.39 is 23.8 Å². The molecular formula is C17H19NO5S. The summed E-state index contributed by atoms with van der Waals surface area (Å²) in [5.74, 6) is -3.30. The minimum Gasteiger partial charge on any atom is -0.481 e. The van der Waals surface area contributed by atoms with Gasteiger partial charge in [0.2, 0.25) is 5.91 Å². The van der Waals surface area contributed by atoms with Crippen molar-refractivity contribution >= 4 is 34.2 Å². The molecule has 4 atom stereocenters. The van der Waals surface area contributed by atoms with Crippen molar-refractivity contribution in [2.45, 2.75) is 19.8 Å². The van der Waals surface area contributed by atoms with E-state index in [1.54, 1.807) is 6.07 Å². The van der Waals surface area contributed by atoms with Gasteiger partial charge in [0.15, 0.2) is 0 Å². The van der Waals surface area contributed by atoms with Crippen LogP contribution in [-0.4, -0.2) is 30.1 Å². The Labute approximate surface area is 143 Å². The molecule has 0 radical (unpaired) electrons. The summed E-state index contributed by atoms with van der Waals surface area (Å²) in [5, 5.41) is 12.7. The highest BCUT2D eigenvalue weighted by atomic mass is 32.1. The first-order valence-corrected chi connectivity index (χ1v) is 8.64. The second kappa shape index (κ2) is 6.39. The lowest BCUT2D eigenvalue weighted by Gasteiger charge is -2.41. The highest BCUT2D eigenvalue weighted by Gasteiger charge is 2.48. The molecule has 6 nitrogen and oxygen atoms in total. The largest absolute Gasteiger partial charge is 0.481 e. The number of ether oxygens (including phenoxy) is 1. The molecule has 1 saturated carbocycles. The van der Waals surface area contributed by atoms with Crippen LogP contribution in [0.25, 0.3) is 0 Å². The van der Waals surface area contributed by atoms with Gasteiger partial charge in [0, 0.05) is 4.88 Å². The van der Waals surface area contributed by atoms with Crippen molar-refractivity contribution in [3.8, 4) is 0 Å². The van der Waals surface area contributed by atoms with Gasteiger partial charge < -0.3 is 15.2 Å².